The van der Waals surface area contributed by atoms with Gasteiger partial charge in [-0.2, -0.15) is 0 Å². The topological polar surface area (TPSA) is 101 Å². The Morgan fingerprint density at radius 3 is 2.60 bits per heavy atom. The number of piperidine rings is 1. The molecule has 0 N–H and O–H groups in total. The zero-order valence-electron chi connectivity index (χ0n) is 20.0. The summed E-state index contributed by atoms with van der Waals surface area (Å²) < 4.78 is 29.8. The second kappa shape index (κ2) is 9.77. The Hall–Kier alpha value is -3.27. The lowest BCUT2D eigenvalue weighted by atomic mass is 9.98. The van der Waals surface area contributed by atoms with Crippen molar-refractivity contribution in [3.63, 3.8) is 0 Å². The van der Waals surface area contributed by atoms with Gasteiger partial charge in [-0.05, 0) is 54.9 Å². The maximum absolute atomic E-state index is 11.9. The summed E-state index contributed by atoms with van der Waals surface area (Å²) in [5.41, 5.74) is 2.12. The van der Waals surface area contributed by atoms with E-state index in [0.29, 0.717) is 29.7 Å². The van der Waals surface area contributed by atoms with Crippen molar-refractivity contribution in [1.82, 2.24) is 19.9 Å². The van der Waals surface area contributed by atoms with E-state index < -0.39 is 9.84 Å². The molecule has 0 bridgehead atoms. The Morgan fingerprint density at radius 1 is 1.11 bits per heavy atom. The molecule has 35 heavy (non-hydrogen) atoms. The maximum atomic E-state index is 11.9. The van der Waals surface area contributed by atoms with Crippen LogP contribution in [0.2, 0.25) is 0 Å². The zero-order valence-corrected chi connectivity index (χ0v) is 20.9. The number of nitrogens with zero attached hydrogens (tertiary/aromatic N) is 6. The van der Waals surface area contributed by atoms with Crippen molar-refractivity contribution in [2.24, 2.45) is 5.92 Å². The largest absolute Gasteiger partial charge is 0.477 e. The van der Waals surface area contributed by atoms with Gasteiger partial charge in [0.2, 0.25) is 11.8 Å². The molecule has 1 saturated heterocycles. The first-order valence-corrected chi connectivity index (χ1v) is 13.9. The number of hydrogen-bond acceptors (Lipinski definition) is 9. The van der Waals surface area contributed by atoms with Crippen LogP contribution in [0.15, 0.2) is 59.7 Å². The van der Waals surface area contributed by atoms with Crippen LogP contribution < -0.4 is 14.5 Å². The second-order valence-electron chi connectivity index (χ2n) is 9.20. The molecular weight excluding hydrogens is 464 g/mol. The highest BCUT2D eigenvalue weighted by molar-refractivity contribution is 7.94. The van der Waals surface area contributed by atoms with Crippen molar-refractivity contribution >= 4 is 21.6 Å². The number of allylic oxidation sites excluding steroid dienone is 1. The van der Waals surface area contributed by atoms with E-state index in [9.17, 15) is 8.42 Å². The van der Waals surface area contributed by atoms with E-state index in [1.165, 1.54) is 12.6 Å². The minimum absolute atomic E-state index is 0.0289. The summed E-state index contributed by atoms with van der Waals surface area (Å²) >= 11 is 0. The molecule has 4 heterocycles. The van der Waals surface area contributed by atoms with Crippen molar-refractivity contribution in [3.05, 3.63) is 65.3 Å². The van der Waals surface area contributed by atoms with Gasteiger partial charge in [0, 0.05) is 44.0 Å². The molecule has 10 heteroatoms. The summed E-state index contributed by atoms with van der Waals surface area (Å²) in [7, 11) is -3.22. The van der Waals surface area contributed by atoms with Gasteiger partial charge < -0.3 is 14.5 Å². The van der Waals surface area contributed by atoms with E-state index in [1.807, 2.05) is 35.6 Å². The fourth-order valence-corrected chi connectivity index (χ4v) is 5.38. The number of ether oxygens (including phenoxy) is 1. The maximum Gasteiger partial charge on any atom is 0.225 e. The van der Waals surface area contributed by atoms with Gasteiger partial charge in [-0.1, -0.05) is 13.0 Å². The molecule has 9 nitrogen and oxygen atoms in total. The van der Waals surface area contributed by atoms with Gasteiger partial charge in [0.1, 0.15) is 12.1 Å². The Labute approximate surface area is 206 Å². The van der Waals surface area contributed by atoms with Crippen LogP contribution in [0.25, 0.3) is 0 Å². The lowest BCUT2D eigenvalue weighted by molar-refractivity contribution is 0.215. The molecule has 0 aromatic carbocycles. The first kappa shape index (κ1) is 23.5. The molecule has 0 spiro atoms. The van der Waals surface area contributed by atoms with Crippen molar-refractivity contribution in [2.75, 3.05) is 35.8 Å². The number of aryl methyl sites for hydroxylation is 1. The minimum Gasteiger partial charge on any atom is -0.477 e. The molecule has 2 aromatic heterocycles. The van der Waals surface area contributed by atoms with Gasteiger partial charge in [0.05, 0.1) is 17.6 Å². The molecule has 0 saturated carbocycles. The van der Waals surface area contributed by atoms with Crippen molar-refractivity contribution in [3.8, 4) is 5.88 Å². The molecule has 1 fully saturated rings. The van der Waals surface area contributed by atoms with Crippen molar-refractivity contribution in [1.29, 1.82) is 0 Å². The van der Waals surface area contributed by atoms with Gasteiger partial charge in [0.15, 0.2) is 9.84 Å². The second-order valence-corrected chi connectivity index (χ2v) is 11.2. The number of anilines is 2. The lowest BCUT2D eigenvalue weighted by Crippen LogP contribution is -2.36. The van der Waals surface area contributed by atoms with Gasteiger partial charge in [-0.25, -0.2) is 28.4 Å². The molecule has 184 valence electrons. The fourth-order valence-electron chi connectivity index (χ4n) is 4.63. The summed E-state index contributed by atoms with van der Waals surface area (Å²) in [6.07, 6.45) is 17.5. The SMILES string of the molecule is CCc1cnc(N2CCC(COc3cc(N4C=CC5=CC(S(C)(=O)=O)=CCC54)ncn3)CC2)nc1. The number of hydrogen-bond donors (Lipinski definition) is 0. The Kier molecular flexibility index (Phi) is 6.55. The smallest absolute Gasteiger partial charge is 0.225 e. The monoisotopic (exact) mass is 494 g/mol. The van der Waals surface area contributed by atoms with Crippen LogP contribution in [0, 0.1) is 5.92 Å². The Morgan fingerprint density at radius 2 is 1.89 bits per heavy atom. The molecule has 0 radical (unpaired) electrons. The average molecular weight is 495 g/mol. The van der Waals surface area contributed by atoms with Crippen LogP contribution in [0.4, 0.5) is 11.8 Å². The fraction of sp³-hybridized carbons (Fsp3) is 0.440. The number of sulfone groups is 1. The van der Waals surface area contributed by atoms with Crippen LogP contribution in [0.5, 0.6) is 5.88 Å². The molecule has 0 amide bonds. The molecule has 3 aliphatic rings. The Bertz CT molecular complexity index is 1260. The van der Waals surface area contributed by atoms with E-state index in [2.05, 4.69) is 31.8 Å². The van der Waals surface area contributed by atoms with E-state index in [0.717, 1.165) is 55.3 Å². The molecule has 2 aromatic rings. The van der Waals surface area contributed by atoms with Gasteiger partial charge >= 0.3 is 0 Å². The van der Waals surface area contributed by atoms with Crippen LogP contribution in [0.1, 0.15) is 31.7 Å². The standard InChI is InChI=1S/C25H30N6O3S/c1-3-18-14-26-25(27-15-18)30-9-6-19(7-10-30)16-34-24-13-23(28-17-29-24)31-11-8-20-12-21(35(2,32)33)4-5-22(20)31/h4,8,11-15,17,19,22H,3,5-7,9-10,16H2,1-2H3. The molecule has 5 rings (SSSR count). The van der Waals surface area contributed by atoms with Gasteiger partial charge in [-0.15, -0.1) is 0 Å². The van der Waals surface area contributed by atoms with Crippen LogP contribution >= 0.6 is 0 Å². The summed E-state index contributed by atoms with van der Waals surface area (Å²) in [4.78, 5) is 22.4. The van der Waals surface area contributed by atoms with Crippen LogP contribution in [-0.4, -0.2) is 60.3 Å². The average Bonchev–Trinajstić information content (AvgIpc) is 3.31. The highest BCUT2D eigenvalue weighted by Gasteiger charge is 2.30. The summed E-state index contributed by atoms with van der Waals surface area (Å²) in [5, 5.41) is 0. The van der Waals surface area contributed by atoms with E-state index in [1.54, 1.807) is 12.2 Å². The minimum atomic E-state index is -3.22. The lowest BCUT2D eigenvalue weighted by Gasteiger charge is -2.31. The predicted molar refractivity (Wildman–Crippen MR) is 135 cm³/mol. The summed E-state index contributed by atoms with van der Waals surface area (Å²) in [6.45, 7) is 4.52. The number of fused-ring (bicyclic) bond motifs is 1. The third-order valence-corrected chi connectivity index (χ3v) is 7.92. The highest BCUT2D eigenvalue weighted by Crippen LogP contribution is 2.34. The third-order valence-electron chi connectivity index (χ3n) is 6.78. The molecule has 1 unspecified atom stereocenters. The van der Waals surface area contributed by atoms with E-state index >= 15 is 0 Å². The third kappa shape index (κ3) is 5.22. The summed E-state index contributed by atoms with van der Waals surface area (Å²) in [6, 6.07) is 1.88. The van der Waals surface area contributed by atoms with Crippen molar-refractivity contribution in [2.45, 2.75) is 38.6 Å². The zero-order chi connectivity index (χ0) is 24.4. The quantitative estimate of drug-likeness (QED) is 0.575. The number of rotatable bonds is 7. The molecular formula is C25H30N6O3S. The Balaban J connectivity index is 1.16. The van der Waals surface area contributed by atoms with Crippen LogP contribution in [0.3, 0.4) is 0 Å². The highest BCUT2D eigenvalue weighted by atomic mass is 32.2. The normalized spacial score (nSPS) is 20.5. The predicted octanol–water partition coefficient (Wildman–Crippen LogP) is 3.09. The van der Waals surface area contributed by atoms with E-state index in [-0.39, 0.29) is 6.04 Å². The van der Waals surface area contributed by atoms with Crippen LogP contribution in [-0.2, 0) is 16.3 Å². The number of aromatic nitrogens is 4. The summed E-state index contributed by atoms with van der Waals surface area (Å²) in [5.74, 6) is 2.53. The van der Waals surface area contributed by atoms with E-state index in [4.69, 9.17) is 4.74 Å². The first-order chi connectivity index (χ1) is 16.9. The molecule has 1 atom stereocenters. The van der Waals surface area contributed by atoms with Gasteiger partial charge in [-0.3, -0.25) is 0 Å². The molecule has 2 aliphatic heterocycles. The van der Waals surface area contributed by atoms with Gasteiger partial charge in [0.25, 0.3) is 0 Å². The molecule has 1 aliphatic carbocycles. The van der Waals surface area contributed by atoms with Crippen molar-refractivity contribution < 1.29 is 13.2 Å². The first-order valence-electron chi connectivity index (χ1n) is 12.0.